The lowest BCUT2D eigenvalue weighted by molar-refractivity contribution is -0.116. The van der Waals surface area contributed by atoms with Gasteiger partial charge in [-0.25, -0.2) is 0 Å². The summed E-state index contributed by atoms with van der Waals surface area (Å²) < 4.78 is 5.47. The fraction of sp³-hybridized carbons (Fsp3) is 0.364. The molecule has 1 heterocycles. The Morgan fingerprint density at radius 1 is 1.60 bits per heavy atom. The number of aryl methyl sites for hydroxylation is 1. The summed E-state index contributed by atoms with van der Waals surface area (Å²) in [6.45, 7) is 3.08. The van der Waals surface area contributed by atoms with Gasteiger partial charge in [0.05, 0.1) is 12.2 Å². The quantitative estimate of drug-likeness (QED) is 0.684. The Balaban J connectivity index is 2.40. The van der Waals surface area contributed by atoms with Crippen LogP contribution < -0.4 is 9.64 Å². The van der Waals surface area contributed by atoms with Gasteiger partial charge in [-0.3, -0.25) is 4.79 Å². The van der Waals surface area contributed by atoms with E-state index in [4.69, 9.17) is 16.3 Å². The average molecular weight is 226 g/mol. The third-order valence-electron chi connectivity index (χ3n) is 2.39. The van der Waals surface area contributed by atoms with Crippen LogP contribution >= 0.6 is 11.6 Å². The number of rotatable bonds is 1. The first kappa shape index (κ1) is 10.3. The van der Waals surface area contributed by atoms with Gasteiger partial charge < -0.3 is 9.64 Å². The third-order valence-corrected chi connectivity index (χ3v) is 2.62. The lowest BCUT2D eigenvalue weighted by atomic mass is 10.1. The highest BCUT2D eigenvalue weighted by molar-refractivity contribution is 6.29. The van der Waals surface area contributed by atoms with Crippen molar-refractivity contribution in [3.8, 4) is 5.75 Å². The number of hydrogen-bond acceptors (Lipinski definition) is 2. The van der Waals surface area contributed by atoms with Crippen LogP contribution in [0.1, 0.15) is 5.56 Å². The summed E-state index contributed by atoms with van der Waals surface area (Å²) >= 11 is 5.56. The lowest BCUT2D eigenvalue weighted by Gasteiger charge is -2.29. The van der Waals surface area contributed by atoms with Gasteiger partial charge in [0.1, 0.15) is 18.2 Å². The summed E-state index contributed by atoms with van der Waals surface area (Å²) in [7, 11) is 0. The van der Waals surface area contributed by atoms with Crippen molar-refractivity contribution in [1.82, 2.24) is 0 Å². The Kier molecular flexibility index (Phi) is 2.82. The number of nitrogens with zero attached hydrogens (tertiary/aromatic N) is 1. The molecule has 0 unspecified atom stereocenters. The van der Waals surface area contributed by atoms with Crippen molar-refractivity contribution in [2.45, 2.75) is 6.92 Å². The Morgan fingerprint density at radius 3 is 3.13 bits per heavy atom. The number of halogens is 1. The molecule has 3 nitrogen and oxygen atoms in total. The van der Waals surface area contributed by atoms with Gasteiger partial charge in [-0.15, -0.1) is 11.6 Å². The van der Waals surface area contributed by atoms with E-state index in [0.717, 1.165) is 17.0 Å². The van der Waals surface area contributed by atoms with Crippen LogP contribution in [-0.4, -0.2) is 24.9 Å². The topological polar surface area (TPSA) is 29.5 Å². The number of anilines is 1. The van der Waals surface area contributed by atoms with Crippen molar-refractivity contribution in [3.05, 3.63) is 23.8 Å². The zero-order chi connectivity index (χ0) is 10.8. The molecule has 4 heteroatoms. The summed E-state index contributed by atoms with van der Waals surface area (Å²) in [6.07, 6.45) is 0. The van der Waals surface area contributed by atoms with Crippen molar-refractivity contribution in [3.63, 3.8) is 0 Å². The van der Waals surface area contributed by atoms with Crippen LogP contribution in [0.3, 0.4) is 0 Å². The van der Waals surface area contributed by atoms with Crippen molar-refractivity contribution < 1.29 is 9.53 Å². The molecule has 0 fully saturated rings. The van der Waals surface area contributed by atoms with Crippen LogP contribution in [0, 0.1) is 6.92 Å². The average Bonchev–Trinajstić information content (AvgIpc) is 2.27. The predicted molar refractivity (Wildman–Crippen MR) is 59.7 cm³/mol. The van der Waals surface area contributed by atoms with E-state index in [1.54, 1.807) is 4.90 Å². The van der Waals surface area contributed by atoms with Crippen LogP contribution in [0.2, 0.25) is 0 Å². The molecular weight excluding hydrogens is 214 g/mol. The molecule has 0 saturated carbocycles. The molecule has 1 aromatic carbocycles. The van der Waals surface area contributed by atoms with Crippen molar-refractivity contribution in [2.24, 2.45) is 0 Å². The van der Waals surface area contributed by atoms with Crippen molar-refractivity contribution >= 4 is 23.2 Å². The van der Waals surface area contributed by atoms with E-state index in [1.165, 1.54) is 0 Å². The maximum Gasteiger partial charge on any atom is 0.242 e. The Bertz CT molecular complexity index is 392. The smallest absolute Gasteiger partial charge is 0.242 e. The summed E-state index contributed by atoms with van der Waals surface area (Å²) in [5.41, 5.74) is 1.93. The van der Waals surface area contributed by atoms with Gasteiger partial charge in [0.25, 0.3) is 0 Å². The van der Waals surface area contributed by atoms with Crippen LogP contribution in [0.15, 0.2) is 18.2 Å². The zero-order valence-corrected chi connectivity index (χ0v) is 9.25. The summed E-state index contributed by atoms with van der Waals surface area (Å²) in [5.74, 6) is 0.685. The molecule has 15 heavy (non-hydrogen) atoms. The minimum absolute atomic E-state index is 0.00732. The Hall–Kier alpha value is -1.22. The fourth-order valence-corrected chi connectivity index (χ4v) is 1.80. The van der Waals surface area contributed by atoms with Gasteiger partial charge in [0.15, 0.2) is 0 Å². The van der Waals surface area contributed by atoms with E-state index >= 15 is 0 Å². The first-order chi connectivity index (χ1) is 7.22. The summed E-state index contributed by atoms with van der Waals surface area (Å²) in [5, 5.41) is 0. The molecule has 1 aliphatic rings. The van der Waals surface area contributed by atoms with Gasteiger partial charge in [-0.2, -0.15) is 0 Å². The number of carbonyl (C=O) groups excluding carboxylic acids is 1. The van der Waals surface area contributed by atoms with E-state index in [1.807, 2.05) is 25.1 Å². The predicted octanol–water partition coefficient (Wildman–Crippen LogP) is 1.96. The molecule has 2 rings (SSSR count). The molecule has 0 radical (unpaired) electrons. The number of hydrogen-bond donors (Lipinski definition) is 0. The first-order valence-electron chi connectivity index (χ1n) is 4.82. The standard InChI is InChI=1S/C11H12ClNO2/c1-8-2-3-10-9(6-8)13(4-5-15-10)11(14)7-12/h2-3,6H,4-5,7H2,1H3. The van der Waals surface area contributed by atoms with Gasteiger partial charge in [0.2, 0.25) is 5.91 Å². The van der Waals surface area contributed by atoms with Gasteiger partial charge >= 0.3 is 0 Å². The largest absolute Gasteiger partial charge is 0.490 e. The van der Waals surface area contributed by atoms with E-state index in [-0.39, 0.29) is 11.8 Å². The number of benzene rings is 1. The van der Waals surface area contributed by atoms with Crippen LogP contribution in [-0.2, 0) is 4.79 Å². The van der Waals surface area contributed by atoms with Crippen LogP contribution in [0.25, 0.3) is 0 Å². The first-order valence-corrected chi connectivity index (χ1v) is 5.35. The van der Waals surface area contributed by atoms with Gasteiger partial charge in [-0.1, -0.05) is 6.07 Å². The lowest BCUT2D eigenvalue weighted by Crippen LogP contribution is -2.38. The highest BCUT2D eigenvalue weighted by Crippen LogP contribution is 2.32. The third kappa shape index (κ3) is 1.92. The second-order valence-electron chi connectivity index (χ2n) is 3.50. The zero-order valence-electron chi connectivity index (χ0n) is 8.50. The minimum Gasteiger partial charge on any atom is -0.490 e. The fourth-order valence-electron chi connectivity index (χ4n) is 1.66. The number of carbonyl (C=O) groups is 1. The molecule has 1 aliphatic heterocycles. The molecule has 80 valence electrons. The summed E-state index contributed by atoms with van der Waals surface area (Å²) in [6, 6.07) is 5.80. The number of ether oxygens (including phenoxy) is 1. The van der Waals surface area contributed by atoms with Crippen LogP contribution in [0.4, 0.5) is 5.69 Å². The molecule has 0 aliphatic carbocycles. The molecule has 0 spiro atoms. The van der Waals surface area contributed by atoms with Crippen LogP contribution in [0.5, 0.6) is 5.75 Å². The van der Waals surface area contributed by atoms with Gasteiger partial charge in [0, 0.05) is 0 Å². The summed E-state index contributed by atoms with van der Waals surface area (Å²) in [4.78, 5) is 13.3. The molecule has 1 amide bonds. The van der Waals surface area contributed by atoms with Gasteiger partial charge in [-0.05, 0) is 24.6 Å². The molecule has 0 N–H and O–H groups in total. The van der Waals surface area contributed by atoms with Crippen molar-refractivity contribution in [2.75, 3.05) is 23.9 Å². The molecule has 0 atom stereocenters. The molecule has 0 saturated heterocycles. The number of fused-ring (bicyclic) bond motifs is 1. The van der Waals surface area contributed by atoms with E-state index < -0.39 is 0 Å². The SMILES string of the molecule is Cc1ccc2c(c1)N(C(=O)CCl)CCO2. The molecule has 1 aromatic rings. The molecule has 0 bridgehead atoms. The van der Waals surface area contributed by atoms with E-state index in [0.29, 0.717) is 13.2 Å². The Labute approximate surface area is 93.6 Å². The highest BCUT2D eigenvalue weighted by atomic mass is 35.5. The highest BCUT2D eigenvalue weighted by Gasteiger charge is 2.22. The minimum atomic E-state index is -0.0770. The second-order valence-corrected chi connectivity index (χ2v) is 3.77. The number of alkyl halides is 1. The van der Waals surface area contributed by atoms with E-state index in [9.17, 15) is 4.79 Å². The number of amides is 1. The second kappa shape index (κ2) is 4.11. The molecular formula is C11H12ClNO2. The maximum absolute atomic E-state index is 11.6. The monoisotopic (exact) mass is 225 g/mol. The Morgan fingerprint density at radius 2 is 2.40 bits per heavy atom. The normalized spacial score (nSPS) is 14.4. The molecule has 0 aromatic heterocycles. The maximum atomic E-state index is 11.6. The van der Waals surface area contributed by atoms with Crippen molar-refractivity contribution in [1.29, 1.82) is 0 Å². The van der Waals surface area contributed by atoms with E-state index in [2.05, 4.69) is 0 Å².